The number of amidine groups is 1. The molecule has 0 amide bonds. The first kappa shape index (κ1) is 25.7. The molecule has 178 valence electrons. The molecular weight excluding hydrogens is 426 g/mol. The van der Waals surface area contributed by atoms with Crippen LogP contribution in [0.2, 0.25) is 0 Å². The number of benzene rings is 1. The molecule has 0 radical (unpaired) electrons. The molecule has 0 spiro atoms. The Balaban J connectivity index is 2.19. The second-order valence-electron chi connectivity index (χ2n) is 7.81. The number of hydrogen-bond acceptors (Lipinski definition) is 4. The molecule has 0 aliphatic carbocycles. The average Bonchev–Trinajstić information content (AvgIpc) is 2.75. The third-order valence-electron chi connectivity index (χ3n) is 5.67. The highest BCUT2D eigenvalue weighted by Gasteiger charge is 2.40. The topological polar surface area (TPSA) is 60.1 Å². The first-order valence-electron chi connectivity index (χ1n) is 10.6. The lowest BCUT2D eigenvalue weighted by atomic mass is 9.96. The first-order chi connectivity index (χ1) is 15.1. The lowest BCUT2D eigenvalue weighted by Crippen LogP contribution is -2.46. The van der Waals surface area contributed by atoms with Gasteiger partial charge in [0.1, 0.15) is 18.2 Å². The molecule has 2 atom stereocenters. The van der Waals surface area contributed by atoms with Crippen LogP contribution < -0.4 is 10.5 Å². The summed E-state index contributed by atoms with van der Waals surface area (Å²) in [6.07, 6.45) is 0.956. The minimum Gasteiger partial charge on any atom is -0.496 e. The summed E-state index contributed by atoms with van der Waals surface area (Å²) >= 11 is 0. The highest BCUT2D eigenvalue weighted by atomic mass is 19.4. The molecule has 1 aliphatic heterocycles. The zero-order chi connectivity index (χ0) is 23.9. The zero-order valence-corrected chi connectivity index (χ0v) is 18.9. The summed E-state index contributed by atoms with van der Waals surface area (Å²) in [6.45, 7) is 5.58. The van der Waals surface area contributed by atoms with E-state index in [2.05, 4.69) is 5.16 Å². The van der Waals surface area contributed by atoms with Gasteiger partial charge in [-0.15, -0.1) is 0 Å². The molecule has 5 nitrogen and oxygen atoms in total. The number of methoxy groups -OCH3 is 1. The maximum atomic E-state index is 13.9. The van der Waals surface area contributed by atoms with Gasteiger partial charge in [0, 0.05) is 12.1 Å². The standard InChI is InChI=1S/C23H31F4N3O2/c1-5-17(14-32-29-22(28)19-13-18(24)9-10-21(19)31-4)12-20(23(25,26)27)16(3)30-11-7-6-8-15(30)2/h5,9-10,12-13,15-16H,6-8,11,14H2,1-4H3,(H2,28,29)/b17-5+,20-12+/t15?,16-/m1/s1. The number of alkyl halides is 3. The van der Waals surface area contributed by atoms with Crippen LogP contribution in [0.5, 0.6) is 5.75 Å². The number of allylic oxidation sites excluding steroid dienone is 1. The Morgan fingerprint density at radius 2 is 2.06 bits per heavy atom. The molecule has 2 N–H and O–H groups in total. The van der Waals surface area contributed by atoms with Crippen molar-refractivity contribution in [2.24, 2.45) is 10.9 Å². The summed E-state index contributed by atoms with van der Waals surface area (Å²) in [4.78, 5) is 7.09. The van der Waals surface area contributed by atoms with Crippen molar-refractivity contribution in [3.05, 3.63) is 52.9 Å². The van der Waals surface area contributed by atoms with Crippen LogP contribution in [0.3, 0.4) is 0 Å². The Kier molecular flexibility index (Phi) is 9.12. The Morgan fingerprint density at radius 3 is 2.66 bits per heavy atom. The van der Waals surface area contributed by atoms with Crippen LogP contribution in [0.1, 0.15) is 45.6 Å². The molecule has 1 aromatic carbocycles. The lowest BCUT2D eigenvalue weighted by Gasteiger charge is -2.39. The number of piperidine rings is 1. The van der Waals surface area contributed by atoms with Gasteiger partial charge in [-0.2, -0.15) is 13.2 Å². The van der Waals surface area contributed by atoms with Gasteiger partial charge in [0.25, 0.3) is 0 Å². The number of rotatable bonds is 8. The summed E-state index contributed by atoms with van der Waals surface area (Å²) in [7, 11) is 1.40. The fourth-order valence-corrected chi connectivity index (χ4v) is 3.83. The molecule has 1 unspecified atom stereocenters. The molecule has 0 aromatic heterocycles. The van der Waals surface area contributed by atoms with Crippen molar-refractivity contribution in [1.29, 1.82) is 0 Å². The van der Waals surface area contributed by atoms with Gasteiger partial charge in [-0.25, -0.2) is 4.39 Å². The van der Waals surface area contributed by atoms with E-state index in [1.807, 2.05) is 11.8 Å². The van der Waals surface area contributed by atoms with Gasteiger partial charge in [-0.3, -0.25) is 4.90 Å². The third-order valence-corrected chi connectivity index (χ3v) is 5.67. The SMILES string of the molecule is C/C=C(\C=C(/[C@@H](C)N1CCCCC1C)C(F)(F)F)CO/N=C(\N)c1cc(F)ccc1OC. The molecule has 1 aromatic rings. The van der Waals surface area contributed by atoms with Crippen molar-refractivity contribution in [1.82, 2.24) is 4.90 Å². The van der Waals surface area contributed by atoms with Crippen molar-refractivity contribution in [2.75, 3.05) is 20.3 Å². The van der Waals surface area contributed by atoms with E-state index in [-0.39, 0.29) is 24.0 Å². The quantitative estimate of drug-likeness (QED) is 0.192. The summed E-state index contributed by atoms with van der Waals surface area (Å²) in [5.41, 5.74) is 5.71. The number of nitrogens with two attached hydrogens (primary N) is 1. The molecule has 2 rings (SSSR count). The van der Waals surface area contributed by atoms with Gasteiger partial charge in [0.2, 0.25) is 0 Å². The maximum absolute atomic E-state index is 13.9. The van der Waals surface area contributed by atoms with E-state index in [0.717, 1.165) is 31.4 Å². The smallest absolute Gasteiger partial charge is 0.414 e. The van der Waals surface area contributed by atoms with Gasteiger partial charge in [0.05, 0.1) is 18.2 Å². The van der Waals surface area contributed by atoms with Crippen molar-refractivity contribution >= 4 is 5.84 Å². The zero-order valence-electron chi connectivity index (χ0n) is 18.9. The van der Waals surface area contributed by atoms with Crippen molar-refractivity contribution in [2.45, 2.75) is 58.3 Å². The minimum absolute atomic E-state index is 0.0838. The van der Waals surface area contributed by atoms with Crippen LogP contribution in [0.4, 0.5) is 17.6 Å². The highest BCUT2D eigenvalue weighted by molar-refractivity contribution is 5.99. The number of hydrogen-bond donors (Lipinski definition) is 1. The van der Waals surface area contributed by atoms with Gasteiger partial charge in [-0.05, 0) is 70.0 Å². The molecule has 1 aliphatic rings. The van der Waals surface area contributed by atoms with E-state index in [4.69, 9.17) is 15.3 Å². The summed E-state index contributed by atoms with van der Waals surface area (Å²) < 4.78 is 60.3. The highest BCUT2D eigenvalue weighted by Crippen LogP contribution is 2.34. The van der Waals surface area contributed by atoms with E-state index >= 15 is 0 Å². The Labute approximate surface area is 186 Å². The van der Waals surface area contributed by atoms with Crippen LogP contribution >= 0.6 is 0 Å². The minimum atomic E-state index is -4.48. The van der Waals surface area contributed by atoms with E-state index < -0.39 is 23.6 Å². The maximum Gasteiger partial charge on any atom is 0.414 e. The Hall–Kier alpha value is -2.55. The normalized spacial score (nSPS) is 20.2. The van der Waals surface area contributed by atoms with Gasteiger partial charge in [-0.1, -0.05) is 17.7 Å². The van der Waals surface area contributed by atoms with Crippen LogP contribution in [0.25, 0.3) is 0 Å². The fourth-order valence-electron chi connectivity index (χ4n) is 3.83. The molecule has 0 bridgehead atoms. The second kappa shape index (κ2) is 11.4. The number of nitrogens with zero attached hydrogens (tertiary/aromatic N) is 2. The van der Waals surface area contributed by atoms with Crippen molar-refractivity contribution in [3.8, 4) is 5.75 Å². The predicted molar refractivity (Wildman–Crippen MR) is 117 cm³/mol. The third kappa shape index (κ3) is 6.72. The molecule has 32 heavy (non-hydrogen) atoms. The Bertz CT molecular complexity index is 865. The summed E-state index contributed by atoms with van der Waals surface area (Å²) in [5, 5.41) is 3.73. The largest absolute Gasteiger partial charge is 0.496 e. The van der Waals surface area contributed by atoms with E-state index in [9.17, 15) is 17.6 Å². The molecule has 1 heterocycles. The van der Waals surface area contributed by atoms with Gasteiger partial charge < -0.3 is 15.3 Å². The molecule has 1 saturated heterocycles. The van der Waals surface area contributed by atoms with Crippen LogP contribution in [-0.4, -0.2) is 49.3 Å². The van der Waals surface area contributed by atoms with Crippen LogP contribution in [-0.2, 0) is 4.84 Å². The van der Waals surface area contributed by atoms with E-state index in [0.29, 0.717) is 17.9 Å². The van der Waals surface area contributed by atoms with E-state index in [1.54, 1.807) is 13.8 Å². The monoisotopic (exact) mass is 457 g/mol. The van der Waals surface area contributed by atoms with Gasteiger partial charge in [0.15, 0.2) is 5.84 Å². The van der Waals surface area contributed by atoms with Crippen molar-refractivity contribution in [3.63, 3.8) is 0 Å². The summed E-state index contributed by atoms with van der Waals surface area (Å²) in [6, 6.07) is 3.04. The van der Waals surface area contributed by atoms with Crippen molar-refractivity contribution < 1.29 is 27.1 Å². The summed E-state index contributed by atoms with van der Waals surface area (Å²) in [5.74, 6) is -0.384. The fraction of sp³-hybridized carbons (Fsp3) is 0.522. The lowest BCUT2D eigenvalue weighted by molar-refractivity contribution is -0.103. The van der Waals surface area contributed by atoms with Crippen LogP contribution in [0, 0.1) is 5.82 Å². The number of likely N-dealkylation sites (tertiary alicyclic amines) is 1. The number of halogens is 4. The Morgan fingerprint density at radius 1 is 1.34 bits per heavy atom. The number of ether oxygens (including phenoxy) is 1. The molecular formula is C23H31F4N3O2. The molecule has 1 fully saturated rings. The van der Waals surface area contributed by atoms with Crippen LogP contribution in [0.15, 0.2) is 46.7 Å². The second-order valence-corrected chi connectivity index (χ2v) is 7.81. The predicted octanol–water partition coefficient (Wildman–Crippen LogP) is 5.17. The van der Waals surface area contributed by atoms with Gasteiger partial charge >= 0.3 is 6.18 Å². The number of oxime groups is 1. The average molecular weight is 458 g/mol. The molecule has 9 heteroatoms. The molecule has 0 saturated carbocycles. The van der Waals surface area contributed by atoms with E-state index in [1.165, 1.54) is 25.3 Å². The first-order valence-corrected chi connectivity index (χ1v) is 10.6.